The van der Waals surface area contributed by atoms with Gasteiger partial charge >= 0.3 is 11.4 Å². The Morgan fingerprint density at radius 3 is 1.77 bits per heavy atom. The fourth-order valence-corrected chi connectivity index (χ4v) is 2.88. The van der Waals surface area contributed by atoms with Crippen LogP contribution in [0.4, 0.5) is 11.4 Å². The predicted molar refractivity (Wildman–Crippen MR) is 102 cm³/mol. The third kappa shape index (κ3) is 7.80. The summed E-state index contributed by atoms with van der Waals surface area (Å²) in [6, 6.07) is 2.36. The van der Waals surface area contributed by atoms with Crippen molar-refractivity contribution in [3.05, 3.63) is 37.9 Å². The Balaban J connectivity index is 2.30. The standard InChI is InChI=1S/C19H30N2O5/c1-3-4-5-6-7-8-9-10-11-12-13-26-19-15-18(21(24)25)17(20(22)23)14-16(19)2/h14-15H,3-13H2,1-2H3. The van der Waals surface area contributed by atoms with Gasteiger partial charge in [0.05, 0.1) is 22.5 Å². The number of ether oxygens (including phenoxy) is 1. The van der Waals surface area contributed by atoms with E-state index in [-0.39, 0.29) is 0 Å². The summed E-state index contributed by atoms with van der Waals surface area (Å²) in [6.45, 7) is 4.34. The number of hydrogen-bond donors (Lipinski definition) is 0. The Morgan fingerprint density at radius 2 is 1.27 bits per heavy atom. The molecule has 0 saturated heterocycles. The van der Waals surface area contributed by atoms with Crippen molar-refractivity contribution in [3.8, 4) is 5.75 Å². The molecule has 0 heterocycles. The van der Waals surface area contributed by atoms with Gasteiger partial charge in [-0.25, -0.2) is 0 Å². The highest BCUT2D eigenvalue weighted by atomic mass is 16.6. The van der Waals surface area contributed by atoms with Crippen LogP contribution in [-0.2, 0) is 0 Å². The molecule has 0 atom stereocenters. The first-order valence-corrected chi connectivity index (χ1v) is 9.53. The van der Waals surface area contributed by atoms with Gasteiger partial charge in [-0.1, -0.05) is 64.7 Å². The molecule has 0 aliphatic carbocycles. The fraction of sp³-hybridized carbons (Fsp3) is 0.684. The SMILES string of the molecule is CCCCCCCCCCCCOc1cc([N+](=O)[O-])c([N+](=O)[O-])cc1C. The third-order valence-electron chi connectivity index (χ3n) is 4.42. The van der Waals surface area contributed by atoms with Crippen molar-refractivity contribution >= 4 is 11.4 Å². The van der Waals surface area contributed by atoms with Crippen LogP contribution in [0, 0.1) is 27.2 Å². The summed E-state index contributed by atoms with van der Waals surface area (Å²) >= 11 is 0. The number of nitro groups is 2. The smallest absolute Gasteiger partial charge is 0.349 e. The van der Waals surface area contributed by atoms with Crippen LogP contribution >= 0.6 is 0 Å². The molecule has 7 nitrogen and oxygen atoms in total. The molecule has 0 spiro atoms. The minimum absolute atomic E-state index is 0.346. The molecule has 1 aromatic carbocycles. The number of unbranched alkanes of at least 4 members (excludes halogenated alkanes) is 9. The summed E-state index contributed by atoms with van der Waals surface area (Å²) in [5.74, 6) is 0.346. The minimum atomic E-state index is -0.745. The van der Waals surface area contributed by atoms with Crippen LogP contribution in [-0.4, -0.2) is 16.5 Å². The van der Waals surface area contributed by atoms with Crippen molar-refractivity contribution in [2.45, 2.75) is 78.1 Å². The first-order valence-electron chi connectivity index (χ1n) is 9.53. The lowest BCUT2D eigenvalue weighted by molar-refractivity contribution is -0.422. The second-order valence-electron chi connectivity index (χ2n) is 6.65. The number of rotatable bonds is 14. The topological polar surface area (TPSA) is 95.5 Å². The summed E-state index contributed by atoms with van der Waals surface area (Å²) in [6.07, 6.45) is 12.2. The average Bonchev–Trinajstić information content (AvgIpc) is 2.60. The monoisotopic (exact) mass is 366 g/mol. The first kappa shape index (κ1) is 21.9. The molecule has 0 radical (unpaired) electrons. The number of aryl methyl sites for hydroxylation is 1. The highest BCUT2D eigenvalue weighted by Gasteiger charge is 2.26. The van der Waals surface area contributed by atoms with E-state index < -0.39 is 21.2 Å². The maximum atomic E-state index is 11.0. The molecule has 0 N–H and O–H groups in total. The molecule has 0 fully saturated rings. The van der Waals surface area contributed by atoms with Crippen molar-refractivity contribution in [2.75, 3.05) is 6.61 Å². The molecule has 0 aliphatic heterocycles. The van der Waals surface area contributed by atoms with Gasteiger partial charge in [0.2, 0.25) is 0 Å². The van der Waals surface area contributed by atoms with Crippen LogP contribution in [0.1, 0.15) is 76.7 Å². The van der Waals surface area contributed by atoms with Gasteiger partial charge in [-0.05, 0) is 18.9 Å². The van der Waals surface area contributed by atoms with E-state index in [1.807, 2.05) is 0 Å². The molecule has 1 rings (SSSR count). The molecule has 0 unspecified atom stereocenters. The molecule has 0 aromatic heterocycles. The highest BCUT2D eigenvalue weighted by molar-refractivity contribution is 5.59. The van der Waals surface area contributed by atoms with Crippen LogP contribution in [0.2, 0.25) is 0 Å². The van der Waals surface area contributed by atoms with Gasteiger partial charge in [-0.2, -0.15) is 0 Å². The molecule has 0 bridgehead atoms. The van der Waals surface area contributed by atoms with Gasteiger partial charge in [0.15, 0.2) is 0 Å². The molecule has 0 saturated carbocycles. The van der Waals surface area contributed by atoms with Gasteiger partial charge in [0, 0.05) is 6.07 Å². The van der Waals surface area contributed by atoms with Crippen molar-refractivity contribution in [2.24, 2.45) is 0 Å². The van der Waals surface area contributed by atoms with Crippen LogP contribution < -0.4 is 4.74 Å². The summed E-state index contributed by atoms with van der Waals surface area (Å²) in [5.41, 5.74) is -0.494. The Kier molecular flexibility index (Phi) is 10.3. The van der Waals surface area contributed by atoms with Crippen LogP contribution in [0.3, 0.4) is 0 Å². The highest BCUT2D eigenvalue weighted by Crippen LogP contribution is 2.33. The molecule has 0 amide bonds. The lowest BCUT2D eigenvalue weighted by Gasteiger charge is -2.09. The van der Waals surface area contributed by atoms with E-state index in [1.54, 1.807) is 6.92 Å². The number of nitro benzene ring substituents is 2. The summed E-state index contributed by atoms with van der Waals surface area (Å²) in [4.78, 5) is 20.4. The van der Waals surface area contributed by atoms with Gasteiger partial charge < -0.3 is 4.74 Å². The van der Waals surface area contributed by atoms with E-state index >= 15 is 0 Å². The second-order valence-corrected chi connectivity index (χ2v) is 6.65. The summed E-state index contributed by atoms with van der Waals surface area (Å²) in [7, 11) is 0. The van der Waals surface area contributed by atoms with Crippen LogP contribution in [0.15, 0.2) is 12.1 Å². The number of benzene rings is 1. The zero-order valence-corrected chi connectivity index (χ0v) is 15.9. The van der Waals surface area contributed by atoms with E-state index in [0.717, 1.165) is 25.3 Å². The van der Waals surface area contributed by atoms with E-state index in [4.69, 9.17) is 4.74 Å². The van der Waals surface area contributed by atoms with E-state index in [9.17, 15) is 20.2 Å². The quantitative estimate of drug-likeness (QED) is 0.225. The average molecular weight is 366 g/mol. The number of hydrogen-bond acceptors (Lipinski definition) is 5. The van der Waals surface area contributed by atoms with Crippen LogP contribution in [0.5, 0.6) is 5.75 Å². The van der Waals surface area contributed by atoms with Gasteiger partial charge in [-0.15, -0.1) is 0 Å². The fourth-order valence-electron chi connectivity index (χ4n) is 2.88. The van der Waals surface area contributed by atoms with Crippen molar-refractivity contribution < 1.29 is 14.6 Å². The normalized spacial score (nSPS) is 10.7. The molecule has 1 aromatic rings. The molecular formula is C19H30N2O5. The summed E-state index contributed by atoms with van der Waals surface area (Å²) in [5, 5.41) is 21.9. The first-order chi connectivity index (χ1) is 12.5. The largest absolute Gasteiger partial charge is 0.493 e. The summed E-state index contributed by atoms with van der Waals surface area (Å²) < 4.78 is 5.61. The molecule has 0 aliphatic rings. The Bertz CT molecular complexity index is 590. The van der Waals surface area contributed by atoms with E-state index in [0.29, 0.717) is 17.9 Å². The predicted octanol–water partition coefficient (Wildman–Crippen LogP) is 6.11. The lowest BCUT2D eigenvalue weighted by Crippen LogP contribution is -2.02. The molecular weight excluding hydrogens is 336 g/mol. The van der Waals surface area contributed by atoms with Crippen LogP contribution in [0.25, 0.3) is 0 Å². The van der Waals surface area contributed by atoms with E-state index in [1.165, 1.54) is 51.0 Å². The van der Waals surface area contributed by atoms with Crippen molar-refractivity contribution in [1.29, 1.82) is 0 Å². The molecule has 26 heavy (non-hydrogen) atoms. The lowest BCUT2D eigenvalue weighted by atomic mass is 10.1. The third-order valence-corrected chi connectivity index (χ3v) is 4.42. The van der Waals surface area contributed by atoms with Gasteiger partial charge in [0.1, 0.15) is 5.75 Å². The minimum Gasteiger partial charge on any atom is -0.493 e. The number of nitrogens with zero attached hydrogens (tertiary/aromatic N) is 2. The Hall–Kier alpha value is -2.18. The second kappa shape index (κ2) is 12.2. The zero-order valence-electron chi connectivity index (χ0n) is 15.9. The molecule has 7 heteroatoms. The van der Waals surface area contributed by atoms with Crippen molar-refractivity contribution in [1.82, 2.24) is 0 Å². The maximum absolute atomic E-state index is 11.0. The van der Waals surface area contributed by atoms with Gasteiger partial charge in [-0.3, -0.25) is 20.2 Å². The maximum Gasteiger partial charge on any atom is 0.349 e. The van der Waals surface area contributed by atoms with Crippen molar-refractivity contribution in [3.63, 3.8) is 0 Å². The Labute approximate surface area is 155 Å². The van der Waals surface area contributed by atoms with Gasteiger partial charge in [0.25, 0.3) is 0 Å². The zero-order chi connectivity index (χ0) is 19.4. The Morgan fingerprint density at radius 1 is 0.808 bits per heavy atom. The molecule has 146 valence electrons. The van der Waals surface area contributed by atoms with E-state index in [2.05, 4.69) is 6.92 Å².